The van der Waals surface area contributed by atoms with Gasteiger partial charge in [0.2, 0.25) is 0 Å². The van der Waals surface area contributed by atoms with Crippen LogP contribution < -0.4 is 9.47 Å². The van der Waals surface area contributed by atoms with Crippen LogP contribution in [0.1, 0.15) is 27.0 Å². The first-order valence-electron chi connectivity index (χ1n) is 7.11. The lowest BCUT2D eigenvalue weighted by atomic mass is 9.97. The van der Waals surface area contributed by atoms with Crippen LogP contribution in [0.4, 0.5) is 0 Å². The monoisotopic (exact) mass is 310 g/mol. The summed E-state index contributed by atoms with van der Waals surface area (Å²) in [6.45, 7) is 6.98. The van der Waals surface area contributed by atoms with Gasteiger partial charge in [0.25, 0.3) is 0 Å². The molecular weight excluding hydrogens is 292 g/mol. The molecule has 0 aliphatic rings. The van der Waals surface area contributed by atoms with Crippen LogP contribution in [-0.4, -0.2) is 18.9 Å². The molecule has 4 nitrogen and oxygen atoms in total. The maximum absolute atomic E-state index is 12.8. The van der Waals surface area contributed by atoms with Crippen molar-refractivity contribution in [2.24, 2.45) is 0 Å². The van der Waals surface area contributed by atoms with Gasteiger partial charge in [0.05, 0.1) is 12.7 Å². The minimum atomic E-state index is -0.624. The minimum Gasteiger partial charge on any atom is -0.496 e. The van der Waals surface area contributed by atoms with Crippen LogP contribution in [0.2, 0.25) is 0 Å². The highest BCUT2D eigenvalue weighted by atomic mass is 16.5. The number of ketones is 1. The van der Waals surface area contributed by atoms with Gasteiger partial charge in [-0.3, -0.25) is 4.79 Å². The van der Waals surface area contributed by atoms with Gasteiger partial charge in [-0.15, -0.1) is 0 Å². The molecule has 0 spiro atoms. The first-order chi connectivity index (χ1) is 11.0. The fourth-order valence-electron chi connectivity index (χ4n) is 2.45. The summed E-state index contributed by atoms with van der Waals surface area (Å²) in [6.07, 6.45) is 1.06. The highest BCUT2D eigenvalue weighted by Crippen LogP contribution is 2.36. The van der Waals surface area contributed by atoms with E-state index in [9.17, 15) is 9.59 Å². The Hall–Kier alpha value is -2.88. The zero-order valence-corrected chi connectivity index (χ0v) is 13.4. The molecule has 23 heavy (non-hydrogen) atoms. The lowest BCUT2D eigenvalue weighted by Crippen LogP contribution is -2.12. The first kappa shape index (κ1) is 16.5. The molecule has 0 saturated heterocycles. The van der Waals surface area contributed by atoms with Gasteiger partial charge in [0.1, 0.15) is 11.5 Å². The van der Waals surface area contributed by atoms with Gasteiger partial charge in [0, 0.05) is 17.2 Å². The van der Waals surface area contributed by atoms with Crippen molar-refractivity contribution in [1.29, 1.82) is 0 Å². The molecule has 0 aliphatic carbocycles. The third kappa shape index (κ3) is 3.31. The van der Waals surface area contributed by atoms with Gasteiger partial charge in [-0.05, 0) is 25.5 Å². The summed E-state index contributed by atoms with van der Waals surface area (Å²) in [5.41, 5.74) is 2.24. The lowest BCUT2D eigenvalue weighted by molar-refractivity contribution is -0.129. The molecule has 0 N–H and O–H groups in total. The molecule has 0 atom stereocenters. The van der Waals surface area contributed by atoms with E-state index in [0.717, 1.165) is 11.6 Å². The summed E-state index contributed by atoms with van der Waals surface area (Å²) in [7, 11) is 1.53. The summed E-state index contributed by atoms with van der Waals surface area (Å²) >= 11 is 0. The van der Waals surface area contributed by atoms with Gasteiger partial charge in [0.15, 0.2) is 5.78 Å². The third-order valence-electron chi connectivity index (χ3n) is 3.50. The normalized spacial score (nSPS) is 10.0. The molecule has 118 valence electrons. The van der Waals surface area contributed by atoms with Crippen LogP contribution in [0.25, 0.3) is 0 Å². The van der Waals surface area contributed by atoms with E-state index in [1.54, 1.807) is 37.3 Å². The Balaban J connectivity index is 2.63. The van der Waals surface area contributed by atoms with Crippen molar-refractivity contribution >= 4 is 11.8 Å². The number of hydrogen-bond acceptors (Lipinski definition) is 4. The van der Waals surface area contributed by atoms with Crippen LogP contribution in [0, 0.1) is 13.8 Å². The number of benzene rings is 2. The molecule has 2 aromatic rings. The number of ether oxygens (including phenoxy) is 2. The standard InChI is InChI=1S/C19H18O4/c1-5-16(20)23-19-13(3)18(22-4)12(2)11-15(19)17(21)14-9-7-6-8-10-14/h5-11H,1H2,2-4H3. The number of methoxy groups -OCH3 is 1. The predicted molar refractivity (Wildman–Crippen MR) is 88.2 cm³/mol. The lowest BCUT2D eigenvalue weighted by Gasteiger charge is -2.16. The van der Waals surface area contributed by atoms with Gasteiger partial charge in [-0.25, -0.2) is 4.79 Å². The summed E-state index contributed by atoms with van der Waals surface area (Å²) in [6, 6.07) is 10.5. The zero-order valence-electron chi connectivity index (χ0n) is 13.4. The smallest absolute Gasteiger partial charge is 0.335 e. The molecule has 0 amide bonds. The summed E-state index contributed by atoms with van der Waals surface area (Å²) in [4.78, 5) is 24.4. The van der Waals surface area contributed by atoms with Crippen LogP contribution in [-0.2, 0) is 4.79 Å². The average Bonchev–Trinajstić information content (AvgIpc) is 2.57. The second-order valence-electron chi connectivity index (χ2n) is 5.05. The molecular formula is C19H18O4. The van der Waals surface area contributed by atoms with Gasteiger partial charge < -0.3 is 9.47 Å². The second kappa shape index (κ2) is 6.92. The van der Waals surface area contributed by atoms with Crippen molar-refractivity contribution < 1.29 is 19.1 Å². The van der Waals surface area contributed by atoms with E-state index in [2.05, 4.69) is 6.58 Å². The highest BCUT2D eigenvalue weighted by Gasteiger charge is 2.22. The summed E-state index contributed by atoms with van der Waals surface area (Å²) < 4.78 is 10.7. The summed E-state index contributed by atoms with van der Waals surface area (Å²) in [5, 5.41) is 0. The molecule has 0 saturated carbocycles. The van der Waals surface area contributed by atoms with Gasteiger partial charge in [-0.1, -0.05) is 36.9 Å². The third-order valence-corrected chi connectivity index (χ3v) is 3.50. The molecule has 0 heterocycles. The van der Waals surface area contributed by atoms with Crippen LogP contribution >= 0.6 is 0 Å². The minimum absolute atomic E-state index is 0.200. The average molecular weight is 310 g/mol. The fourth-order valence-corrected chi connectivity index (χ4v) is 2.45. The molecule has 0 radical (unpaired) electrons. The maximum Gasteiger partial charge on any atom is 0.335 e. The van der Waals surface area contributed by atoms with Crippen molar-refractivity contribution in [3.8, 4) is 11.5 Å². The predicted octanol–water partition coefficient (Wildman–Crippen LogP) is 3.63. The van der Waals surface area contributed by atoms with E-state index in [1.165, 1.54) is 7.11 Å². The molecule has 0 aliphatic heterocycles. The number of aryl methyl sites for hydroxylation is 1. The Bertz CT molecular complexity index is 761. The Morgan fingerprint density at radius 1 is 1.09 bits per heavy atom. The number of hydrogen-bond donors (Lipinski definition) is 0. The number of esters is 1. The van der Waals surface area contributed by atoms with Crippen molar-refractivity contribution in [1.82, 2.24) is 0 Å². The topological polar surface area (TPSA) is 52.6 Å². The Labute approximate surface area is 135 Å². The van der Waals surface area contributed by atoms with E-state index >= 15 is 0 Å². The fraction of sp³-hybridized carbons (Fsp3) is 0.158. The number of carbonyl (C=O) groups excluding carboxylic acids is 2. The van der Waals surface area contributed by atoms with Crippen molar-refractivity contribution in [3.63, 3.8) is 0 Å². The van der Waals surface area contributed by atoms with Crippen LogP contribution in [0.5, 0.6) is 11.5 Å². The largest absolute Gasteiger partial charge is 0.496 e. The SMILES string of the molecule is C=CC(=O)Oc1c(C(=O)c2ccccc2)cc(C)c(OC)c1C. The van der Waals surface area contributed by atoms with E-state index in [-0.39, 0.29) is 11.5 Å². The van der Waals surface area contributed by atoms with E-state index in [0.29, 0.717) is 22.4 Å². The number of carbonyl (C=O) groups is 2. The molecule has 0 aromatic heterocycles. The Morgan fingerprint density at radius 2 is 1.74 bits per heavy atom. The summed E-state index contributed by atoms with van der Waals surface area (Å²) in [5.74, 6) is -0.0555. The van der Waals surface area contributed by atoms with Crippen molar-refractivity contribution in [2.75, 3.05) is 7.11 Å². The Kier molecular flexibility index (Phi) is 4.96. The van der Waals surface area contributed by atoms with Crippen molar-refractivity contribution in [3.05, 3.63) is 71.3 Å². The van der Waals surface area contributed by atoms with E-state index < -0.39 is 5.97 Å². The molecule has 4 heteroatoms. The Morgan fingerprint density at radius 3 is 2.30 bits per heavy atom. The van der Waals surface area contributed by atoms with Gasteiger partial charge in [-0.2, -0.15) is 0 Å². The number of rotatable bonds is 5. The van der Waals surface area contributed by atoms with E-state index in [4.69, 9.17) is 9.47 Å². The van der Waals surface area contributed by atoms with Crippen LogP contribution in [0.15, 0.2) is 49.1 Å². The molecule has 0 unspecified atom stereocenters. The molecule has 2 aromatic carbocycles. The van der Waals surface area contributed by atoms with Crippen LogP contribution in [0.3, 0.4) is 0 Å². The maximum atomic E-state index is 12.8. The second-order valence-corrected chi connectivity index (χ2v) is 5.05. The zero-order chi connectivity index (χ0) is 17.0. The molecule has 2 rings (SSSR count). The van der Waals surface area contributed by atoms with Crippen molar-refractivity contribution in [2.45, 2.75) is 13.8 Å². The van der Waals surface area contributed by atoms with E-state index in [1.807, 2.05) is 13.0 Å². The molecule has 0 fully saturated rings. The van der Waals surface area contributed by atoms with Gasteiger partial charge >= 0.3 is 5.97 Å². The highest BCUT2D eigenvalue weighted by molar-refractivity contribution is 6.11. The molecule has 0 bridgehead atoms. The first-order valence-corrected chi connectivity index (χ1v) is 7.11. The quantitative estimate of drug-likeness (QED) is 0.366.